The minimum atomic E-state index is -0.600. The van der Waals surface area contributed by atoms with Gasteiger partial charge in [-0.3, -0.25) is 0 Å². The maximum absolute atomic E-state index is 10.6. The summed E-state index contributed by atoms with van der Waals surface area (Å²) in [6, 6.07) is 8.43. The molecule has 0 spiro atoms. The van der Waals surface area contributed by atoms with Gasteiger partial charge in [0.25, 0.3) is 0 Å². The van der Waals surface area contributed by atoms with Crippen molar-refractivity contribution < 1.29 is 5.11 Å². The Labute approximate surface area is 95.9 Å². The number of hydrogen-bond acceptors (Lipinski definition) is 2. The van der Waals surface area contributed by atoms with Crippen LogP contribution in [0.25, 0.3) is 0 Å². The van der Waals surface area contributed by atoms with E-state index in [-0.39, 0.29) is 0 Å². The van der Waals surface area contributed by atoms with Gasteiger partial charge in [0, 0.05) is 5.25 Å². The van der Waals surface area contributed by atoms with E-state index in [4.69, 9.17) is 0 Å². The highest BCUT2D eigenvalue weighted by molar-refractivity contribution is 8.00. The Morgan fingerprint density at radius 3 is 2.53 bits per heavy atom. The van der Waals surface area contributed by atoms with Gasteiger partial charge >= 0.3 is 0 Å². The molecule has 2 atom stereocenters. The average Bonchev–Trinajstić information content (AvgIpc) is 2.61. The van der Waals surface area contributed by atoms with Crippen LogP contribution in [-0.4, -0.2) is 16.1 Å². The van der Waals surface area contributed by atoms with Gasteiger partial charge < -0.3 is 5.11 Å². The molecule has 1 fully saturated rings. The monoisotopic (exact) mass is 222 g/mol. The molecule has 0 radical (unpaired) electrons. The minimum Gasteiger partial charge on any atom is -0.384 e. The Kier molecular flexibility index (Phi) is 3.08. The van der Waals surface area contributed by atoms with Crippen LogP contribution in [0, 0.1) is 0 Å². The molecule has 0 bridgehead atoms. The molecule has 1 saturated heterocycles. The van der Waals surface area contributed by atoms with Crippen LogP contribution in [-0.2, 0) is 12.0 Å². The summed E-state index contributed by atoms with van der Waals surface area (Å²) < 4.78 is 0. The van der Waals surface area contributed by atoms with E-state index >= 15 is 0 Å². The summed E-state index contributed by atoms with van der Waals surface area (Å²) >= 11 is 1.86. The van der Waals surface area contributed by atoms with Crippen molar-refractivity contribution >= 4 is 11.8 Å². The standard InChI is InChI=1S/C13H18OS/c1-3-11-4-6-12(7-5-11)13(14)8-9-15-10(13)2/h4-7,10,14H,3,8-9H2,1-2H3/t10-,13-/m1/s1. The first kappa shape index (κ1) is 11.0. The highest BCUT2D eigenvalue weighted by Gasteiger charge is 2.40. The van der Waals surface area contributed by atoms with Crippen molar-refractivity contribution in [2.24, 2.45) is 0 Å². The first-order valence-electron chi connectivity index (χ1n) is 5.60. The largest absolute Gasteiger partial charge is 0.384 e. The van der Waals surface area contributed by atoms with Crippen LogP contribution in [0.2, 0.25) is 0 Å². The van der Waals surface area contributed by atoms with Gasteiger partial charge in [-0.2, -0.15) is 11.8 Å². The minimum absolute atomic E-state index is 0.310. The van der Waals surface area contributed by atoms with E-state index in [2.05, 4.69) is 38.1 Å². The summed E-state index contributed by atoms with van der Waals surface area (Å²) in [5.41, 5.74) is 1.81. The molecular weight excluding hydrogens is 204 g/mol. The maximum Gasteiger partial charge on any atom is 0.102 e. The zero-order valence-electron chi connectivity index (χ0n) is 9.36. The van der Waals surface area contributed by atoms with Crippen LogP contribution in [0.15, 0.2) is 24.3 Å². The molecule has 2 heteroatoms. The molecule has 0 aliphatic carbocycles. The van der Waals surface area contributed by atoms with Crippen LogP contribution >= 0.6 is 11.8 Å². The van der Waals surface area contributed by atoms with E-state index in [0.29, 0.717) is 5.25 Å². The quantitative estimate of drug-likeness (QED) is 0.830. The maximum atomic E-state index is 10.6. The zero-order valence-corrected chi connectivity index (χ0v) is 10.2. The summed E-state index contributed by atoms with van der Waals surface area (Å²) in [4.78, 5) is 0. The Morgan fingerprint density at radius 1 is 1.40 bits per heavy atom. The van der Waals surface area contributed by atoms with Crippen molar-refractivity contribution in [1.29, 1.82) is 0 Å². The Balaban J connectivity index is 2.28. The fraction of sp³-hybridized carbons (Fsp3) is 0.538. The molecule has 0 unspecified atom stereocenters. The van der Waals surface area contributed by atoms with E-state index in [9.17, 15) is 5.11 Å². The topological polar surface area (TPSA) is 20.2 Å². The third-order valence-electron chi connectivity index (χ3n) is 3.39. The van der Waals surface area contributed by atoms with Crippen LogP contribution in [0.1, 0.15) is 31.4 Å². The summed E-state index contributed by atoms with van der Waals surface area (Å²) in [5.74, 6) is 1.06. The molecular formula is C13H18OS. The smallest absolute Gasteiger partial charge is 0.102 e. The van der Waals surface area contributed by atoms with Gasteiger partial charge in [-0.25, -0.2) is 0 Å². The van der Waals surface area contributed by atoms with Gasteiger partial charge in [0.1, 0.15) is 5.60 Å². The van der Waals surface area contributed by atoms with E-state index < -0.39 is 5.60 Å². The summed E-state index contributed by atoms with van der Waals surface area (Å²) in [6.07, 6.45) is 1.94. The molecule has 1 heterocycles. The van der Waals surface area contributed by atoms with Gasteiger partial charge in [-0.15, -0.1) is 0 Å². The van der Waals surface area contributed by atoms with Gasteiger partial charge in [0.05, 0.1) is 0 Å². The molecule has 1 aromatic rings. The summed E-state index contributed by atoms with van der Waals surface area (Å²) in [7, 11) is 0. The predicted octanol–water partition coefficient (Wildman–Crippen LogP) is 2.96. The van der Waals surface area contributed by atoms with E-state index in [1.165, 1.54) is 5.56 Å². The number of aliphatic hydroxyl groups is 1. The molecule has 0 amide bonds. The summed E-state index contributed by atoms with van der Waals surface area (Å²) in [5, 5.41) is 10.9. The van der Waals surface area contributed by atoms with Crippen LogP contribution < -0.4 is 0 Å². The first-order chi connectivity index (χ1) is 7.16. The normalized spacial score (nSPS) is 30.7. The van der Waals surface area contributed by atoms with Crippen molar-refractivity contribution in [1.82, 2.24) is 0 Å². The third-order valence-corrected chi connectivity index (χ3v) is 4.72. The number of benzene rings is 1. The molecule has 1 aliphatic rings. The Hall–Kier alpha value is -0.470. The predicted molar refractivity (Wildman–Crippen MR) is 66.3 cm³/mol. The molecule has 82 valence electrons. The second-order valence-electron chi connectivity index (χ2n) is 4.24. The second-order valence-corrected chi connectivity index (χ2v) is 5.69. The van der Waals surface area contributed by atoms with E-state index in [1.807, 2.05) is 11.8 Å². The Bertz CT molecular complexity index is 333. The lowest BCUT2D eigenvalue weighted by atomic mass is 9.88. The van der Waals surface area contributed by atoms with Crippen molar-refractivity contribution in [3.8, 4) is 0 Å². The Morgan fingerprint density at radius 2 is 2.07 bits per heavy atom. The second kappa shape index (κ2) is 4.18. The molecule has 15 heavy (non-hydrogen) atoms. The highest BCUT2D eigenvalue weighted by Crippen LogP contribution is 2.42. The number of hydrogen-bond donors (Lipinski definition) is 1. The van der Waals surface area contributed by atoms with Crippen molar-refractivity contribution in [3.63, 3.8) is 0 Å². The lowest BCUT2D eigenvalue weighted by molar-refractivity contribution is 0.0427. The van der Waals surface area contributed by atoms with Gasteiger partial charge in [0.2, 0.25) is 0 Å². The van der Waals surface area contributed by atoms with Gasteiger partial charge in [-0.05, 0) is 29.7 Å². The molecule has 1 N–H and O–H groups in total. The molecule has 2 rings (SSSR count). The fourth-order valence-electron chi connectivity index (χ4n) is 2.14. The fourth-order valence-corrected chi connectivity index (χ4v) is 3.45. The zero-order chi connectivity index (χ0) is 10.9. The van der Waals surface area contributed by atoms with Crippen LogP contribution in [0.4, 0.5) is 0 Å². The molecule has 1 aliphatic heterocycles. The third kappa shape index (κ3) is 1.93. The highest BCUT2D eigenvalue weighted by atomic mass is 32.2. The van der Waals surface area contributed by atoms with Crippen LogP contribution in [0.3, 0.4) is 0 Å². The van der Waals surface area contributed by atoms with Crippen molar-refractivity contribution in [2.45, 2.75) is 37.5 Å². The lowest BCUT2D eigenvalue weighted by Gasteiger charge is -2.27. The molecule has 0 aromatic heterocycles. The summed E-state index contributed by atoms with van der Waals surface area (Å²) in [6.45, 7) is 4.27. The van der Waals surface area contributed by atoms with E-state index in [1.54, 1.807) is 0 Å². The average molecular weight is 222 g/mol. The van der Waals surface area contributed by atoms with Crippen molar-refractivity contribution in [3.05, 3.63) is 35.4 Å². The number of thioether (sulfide) groups is 1. The molecule has 0 saturated carbocycles. The SMILES string of the molecule is CCc1ccc([C@@]2(O)CCS[C@@H]2C)cc1. The van der Waals surface area contributed by atoms with Gasteiger partial charge in [-0.1, -0.05) is 38.1 Å². The lowest BCUT2D eigenvalue weighted by Crippen LogP contribution is -2.31. The molecule has 1 nitrogen and oxygen atoms in total. The van der Waals surface area contributed by atoms with Crippen molar-refractivity contribution in [2.75, 3.05) is 5.75 Å². The van der Waals surface area contributed by atoms with Gasteiger partial charge in [0.15, 0.2) is 0 Å². The number of rotatable bonds is 2. The first-order valence-corrected chi connectivity index (χ1v) is 6.65. The number of aryl methyl sites for hydroxylation is 1. The van der Waals surface area contributed by atoms with E-state index in [0.717, 1.165) is 24.2 Å². The van der Waals surface area contributed by atoms with Crippen LogP contribution in [0.5, 0.6) is 0 Å². The molecule has 1 aromatic carbocycles.